The normalized spacial score (nSPS) is 9.11. The summed E-state index contributed by atoms with van der Waals surface area (Å²) < 4.78 is 4.77. The third kappa shape index (κ3) is 3.78. The summed E-state index contributed by atoms with van der Waals surface area (Å²) in [6, 6.07) is 0. The summed E-state index contributed by atoms with van der Waals surface area (Å²) in [6.45, 7) is 1.28. The van der Waals surface area contributed by atoms with Crippen LogP contribution in [-0.4, -0.2) is 38.2 Å². The van der Waals surface area contributed by atoms with Crippen molar-refractivity contribution in [2.75, 3.05) is 27.3 Å². The van der Waals surface area contributed by atoms with Crippen molar-refractivity contribution in [2.45, 2.75) is 0 Å². The average molecular weight is 131 g/mol. The largest absolute Gasteiger partial charge is 0.383 e. The van der Waals surface area contributed by atoms with E-state index in [-0.39, 0.29) is 5.96 Å². The lowest BCUT2D eigenvalue weighted by molar-refractivity contribution is 0.182. The molecule has 0 aromatic heterocycles. The minimum Gasteiger partial charge on any atom is -0.383 e. The predicted octanol–water partition coefficient (Wildman–Crippen LogP) is -0.542. The number of rotatable bonds is 3. The van der Waals surface area contributed by atoms with Crippen LogP contribution in [0.15, 0.2) is 0 Å². The van der Waals surface area contributed by atoms with Crippen molar-refractivity contribution in [1.29, 1.82) is 5.41 Å². The number of guanidine groups is 1. The van der Waals surface area contributed by atoms with Crippen LogP contribution in [-0.2, 0) is 4.74 Å². The summed E-state index contributed by atoms with van der Waals surface area (Å²) in [5.41, 5.74) is 5.13. The minimum absolute atomic E-state index is 0.0760. The molecule has 0 aliphatic carbocycles. The summed E-state index contributed by atoms with van der Waals surface area (Å²) >= 11 is 0. The number of nitrogens with one attached hydrogen (secondary N) is 1. The highest BCUT2D eigenvalue weighted by Crippen LogP contribution is 1.77. The van der Waals surface area contributed by atoms with Crippen LogP contribution in [0.2, 0.25) is 0 Å². The molecule has 0 rings (SSSR count). The van der Waals surface area contributed by atoms with Gasteiger partial charge in [0.15, 0.2) is 5.96 Å². The van der Waals surface area contributed by atoms with Gasteiger partial charge in [-0.1, -0.05) is 0 Å². The van der Waals surface area contributed by atoms with E-state index in [0.29, 0.717) is 13.2 Å². The zero-order valence-electron chi connectivity index (χ0n) is 5.85. The first-order valence-corrected chi connectivity index (χ1v) is 2.72. The fraction of sp³-hybridized carbons (Fsp3) is 0.800. The summed E-state index contributed by atoms with van der Waals surface area (Å²) in [5, 5.41) is 6.93. The highest BCUT2D eigenvalue weighted by molar-refractivity contribution is 5.74. The molecule has 0 aliphatic rings. The van der Waals surface area contributed by atoms with Crippen LogP contribution in [0.4, 0.5) is 0 Å². The minimum atomic E-state index is 0.0760. The number of ether oxygens (including phenoxy) is 1. The van der Waals surface area contributed by atoms with E-state index in [1.807, 2.05) is 0 Å². The Morgan fingerprint density at radius 1 is 1.78 bits per heavy atom. The fourth-order valence-electron chi connectivity index (χ4n) is 0.349. The molecule has 0 saturated heterocycles. The van der Waals surface area contributed by atoms with Crippen LogP contribution in [0.3, 0.4) is 0 Å². The molecule has 0 unspecified atom stereocenters. The van der Waals surface area contributed by atoms with E-state index >= 15 is 0 Å². The second-order valence-electron chi connectivity index (χ2n) is 1.80. The van der Waals surface area contributed by atoms with Gasteiger partial charge in [-0.2, -0.15) is 0 Å². The van der Waals surface area contributed by atoms with Gasteiger partial charge in [0.25, 0.3) is 0 Å². The van der Waals surface area contributed by atoms with E-state index in [2.05, 4.69) is 0 Å². The first kappa shape index (κ1) is 8.23. The second-order valence-corrected chi connectivity index (χ2v) is 1.80. The number of methoxy groups -OCH3 is 1. The van der Waals surface area contributed by atoms with Gasteiger partial charge in [-0.15, -0.1) is 0 Å². The monoisotopic (exact) mass is 131 g/mol. The lowest BCUT2D eigenvalue weighted by Gasteiger charge is -2.14. The zero-order chi connectivity index (χ0) is 7.28. The summed E-state index contributed by atoms with van der Waals surface area (Å²) in [4.78, 5) is 1.61. The van der Waals surface area contributed by atoms with Crippen molar-refractivity contribution < 1.29 is 4.74 Å². The SMILES string of the molecule is COCCN(C)C(=N)N. The Kier molecular flexibility index (Phi) is 3.79. The Bertz CT molecular complexity index is 94.2. The van der Waals surface area contributed by atoms with Crippen molar-refractivity contribution in [2.24, 2.45) is 5.73 Å². The first-order valence-electron chi connectivity index (χ1n) is 2.72. The molecule has 0 heterocycles. The molecule has 54 valence electrons. The number of hydrogen-bond acceptors (Lipinski definition) is 2. The highest BCUT2D eigenvalue weighted by Gasteiger charge is 1.95. The standard InChI is InChI=1S/C5H13N3O/c1-8(5(6)7)3-4-9-2/h3-4H2,1-2H3,(H3,6,7). The zero-order valence-corrected chi connectivity index (χ0v) is 5.85. The van der Waals surface area contributed by atoms with Gasteiger partial charge in [-0.25, -0.2) is 0 Å². The summed E-state index contributed by atoms with van der Waals surface area (Å²) in [7, 11) is 3.37. The van der Waals surface area contributed by atoms with Crippen molar-refractivity contribution >= 4 is 5.96 Å². The Morgan fingerprint density at radius 2 is 2.33 bits per heavy atom. The third-order valence-corrected chi connectivity index (χ3v) is 1.04. The first-order chi connectivity index (χ1) is 4.18. The molecule has 0 bridgehead atoms. The van der Waals surface area contributed by atoms with E-state index in [4.69, 9.17) is 15.9 Å². The molecule has 0 atom stereocenters. The molecular formula is C5H13N3O. The molecule has 0 aromatic rings. The topological polar surface area (TPSA) is 62.3 Å². The second kappa shape index (κ2) is 4.14. The van der Waals surface area contributed by atoms with Crippen LogP contribution in [0.25, 0.3) is 0 Å². The van der Waals surface area contributed by atoms with Gasteiger partial charge in [0, 0.05) is 20.7 Å². The molecule has 0 fully saturated rings. The molecule has 0 aromatic carbocycles. The van der Waals surface area contributed by atoms with E-state index < -0.39 is 0 Å². The number of nitrogens with two attached hydrogens (primary N) is 1. The summed E-state index contributed by atoms with van der Waals surface area (Å²) in [6.07, 6.45) is 0. The van der Waals surface area contributed by atoms with Crippen LogP contribution in [0, 0.1) is 5.41 Å². The van der Waals surface area contributed by atoms with Gasteiger partial charge in [0.1, 0.15) is 0 Å². The van der Waals surface area contributed by atoms with E-state index in [9.17, 15) is 0 Å². The third-order valence-electron chi connectivity index (χ3n) is 1.04. The predicted molar refractivity (Wildman–Crippen MR) is 36.4 cm³/mol. The van der Waals surface area contributed by atoms with Crippen molar-refractivity contribution in [3.8, 4) is 0 Å². The lowest BCUT2D eigenvalue weighted by Crippen LogP contribution is -2.35. The molecule has 0 aliphatic heterocycles. The number of likely N-dealkylation sites (N-methyl/N-ethyl adjacent to an activating group) is 1. The summed E-state index contributed by atoms with van der Waals surface area (Å²) in [5.74, 6) is 0.0760. The van der Waals surface area contributed by atoms with Gasteiger partial charge in [-0.05, 0) is 0 Å². The van der Waals surface area contributed by atoms with Crippen LogP contribution >= 0.6 is 0 Å². The van der Waals surface area contributed by atoms with Gasteiger partial charge in [0.2, 0.25) is 0 Å². The fourth-order valence-corrected chi connectivity index (χ4v) is 0.349. The van der Waals surface area contributed by atoms with E-state index in [1.54, 1.807) is 19.1 Å². The van der Waals surface area contributed by atoms with Crippen molar-refractivity contribution in [3.63, 3.8) is 0 Å². The molecular weight excluding hydrogens is 118 g/mol. The van der Waals surface area contributed by atoms with E-state index in [1.165, 1.54) is 0 Å². The van der Waals surface area contributed by atoms with Crippen LogP contribution in [0.1, 0.15) is 0 Å². The lowest BCUT2D eigenvalue weighted by atomic mass is 10.6. The van der Waals surface area contributed by atoms with E-state index in [0.717, 1.165) is 0 Å². The van der Waals surface area contributed by atoms with Crippen LogP contribution in [0.5, 0.6) is 0 Å². The molecule has 9 heavy (non-hydrogen) atoms. The molecule has 4 nitrogen and oxygen atoms in total. The van der Waals surface area contributed by atoms with Gasteiger partial charge in [0.05, 0.1) is 6.61 Å². The van der Waals surface area contributed by atoms with Gasteiger partial charge in [-0.3, -0.25) is 5.41 Å². The van der Waals surface area contributed by atoms with Gasteiger partial charge >= 0.3 is 0 Å². The maximum absolute atomic E-state index is 6.93. The quantitative estimate of drug-likeness (QED) is 0.399. The van der Waals surface area contributed by atoms with Gasteiger partial charge < -0.3 is 15.4 Å². The Balaban J connectivity index is 3.27. The molecule has 0 spiro atoms. The molecule has 0 radical (unpaired) electrons. The molecule has 0 amide bonds. The van der Waals surface area contributed by atoms with Crippen molar-refractivity contribution in [3.05, 3.63) is 0 Å². The average Bonchev–Trinajstić information content (AvgIpc) is 1.82. The molecule has 3 N–H and O–H groups in total. The maximum atomic E-state index is 6.93. The maximum Gasteiger partial charge on any atom is 0.188 e. The Hall–Kier alpha value is -0.770. The Labute approximate surface area is 55.1 Å². The van der Waals surface area contributed by atoms with Crippen molar-refractivity contribution in [1.82, 2.24) is 4.90 Å². The molecule has 0 saturated carbocycles. The smallest absolute Gasteiger partial charge is 0.188 e. The number of nitrogens with zero attached hydrogens (tertiary/aromatic N) is 1. The van der Waals surface area contributed by atoms with Crippen LogP contribution < -0.4 is 5.73 Å². The number of hydrogen-bond donors (Lipinski definition) is 2. The Morgan fingerprint density at radius 3 is 2.67 bits per heavy atom. The molecule has 4 heteroatoms. The highest BCUT2D eigenvalue weighted by atomic mass is 16.5.